The van der Waals surface area contributed by atoms with Crippen LogP contribution in [-0.4, -0.2) is 53.4 Å². The molecule has 0 aliphatic rings. The third-order valence-corrected chi connectivity index (χ3v) is 4.92. The van der Waals surface area contributed by atoms with Gasteiger partial charge in [0.2, 0.25) is 0 Å². The molecule has 170 valence electrons. The predicted octanol–water partition coefficient (Wildman–Crippen LogP) is 2.99. The lowest BCUT2D eigenvalue weighted by atomic mass is 10.1. The van der Waals surface area contributed by atoms with E-state index in [1.807, 2.05) is 36.4 Å². The highest BCUT2D eigenvalue weighted by Crippen LogP contribution is 2.27. The van der Waals surface area contributed by atoms with Crippen molar-refractivity contribution in [1.29, 1.82) is 0 Å². The maximum Gasteiger partial charge on any atom is 0.262 e. The second-order valence-corrected chi connectivity index (χ2v) is 7.19. The molecular formula is C24H24N4O5. The molecule has 1 amide bonds. The maximum atomic E-state index is 12.6. The monoisotopic (exact) mass is 448 g/mol. The van der Waals surface area contributed by atoms with Gasteiger partial charge in [0.15, 0.2) is 6.61 Å². The zero-order valence-electron chi connectivity index (χ0n) is 18.3. The number of methoxy groups -OCH3 is 2. The number of carbonyl (C=O) groups is 1. The molecule has 0 fully saturated rings. The summed E-state index contributed by atoms with van der Waals surface area (Å²) in [6.45, 7) is -0.215. The number of nitrogens with one attached hydrogen (secondary N) is 1. The van der Waals surface area contributed by atoms with E-state index in [1.54, 1.807) is 24.3 Å². The van der Waals surface area contributed by atoms with Gasteiger partial charge in [0.25, 0.3) is 5.91 Å². The smallest absolute Gasteiger partial charge is 0.262 e. The summed E-state index contributed by atoms with van der Waals surface area (Å²) < 4.78 is 16.3. The molecular weight excluding hydrogens is 424 g/mol. The minimum absolute atomic E-state index is 0.0144. The Bertz CT molecular complexity index is 1220. The largest absolute Gasteiger partial charge is 0.497 e. The molecule has 33 heavy (non-hydrogen) atoms. The van der Waals surface area contributed by atoms with Crippen molar-refractivity contribution in [2.24, 2.45) is 0 Å². The van der Waals surface area contributed by atoms with Crippen LogP contribution in [0.2, 0.25) is 0 Å². The lowest BCUT2D eigenvalue weighted by Crippen LogP contribution is -2.21. The Morgan fingerprint density at radius 3 is 2.24 bits per heavy atom. The minimum Gasteiger partial charge on any atom is -0.497 e. The molecule has 0 bridgehead atoms. The van der Waals surface area contributed by atoms with Gasteiger partial charge in [-0.15, -0.1) is 15.0 Å². The summed E-state index contributed by atoms with van der Waals surface area (Å²) in [6, 6.07) is 18.0. The van der Waals surface area contributed by atoms with Crippen molar-refractivity contribution in [3.8, 4) is 22.9 Å². The van der Waals surface area contributed by atoms with Crippen molar-refractivity contribution in [1.82, 2.24) is 15.0 Å². The number of rotatable bonds is 9. The molecule has 0 spiro atoms. The summed E-state index contributed by atoms with van der Waals surface area (Å²) in [5, 5.41) is 21.1. The molecule has 0 saturated heterocycles. The molecule has 1 aromatic heterocycles. The van der Waals surface area contributed by atoms with Gasteiger partial charge in [-0.05, 0) is 36.2 Å². The van der Waals surface area contributed by atoms with E-state index < -0.39 is 0 Å². The van der Waals surface area contributed by atoms with Gasteiger partial charge in [0.1, 0.15) is 34.0 Å². The summed E-state index contributed by atoms with van der Waals surface area (Å²) in [7, 11) is 3.08. The van der Waals surface area contributed by atoms with Crippen LogP contribution in [0.25, 0.3) is 16.7 Å². The summed E-state index contributed by atoms with van der Waals surface area (Å²) in [6.07, 6.45) is 0.478. The second kappa shape index (κ2) is 10.0. The Hall–Kier alpha value is -4.11. The highest BCUT2D eigenvalue weighted by Gasteiger charge is 2.14. The van der Waals surface area contributed by atoms with Gasteiger partial charge in [-0.2, -0.15) is 0 Å². The molecule has 0 unspecified atom stereocenters. The van der Waals surface area contributed by atoms with Crippen LogP contribution < -0.4 is 19.5 Å². The zero-order valence-corrected chi connectivity index (χ0v) is 18.3. The Balaban J connectivity index is 1.54. The Morgan fingerprint density at radius 1 is 0.970 bits per heavy atom. The van der Waals surface area contributed by atoms with Gasteiger partial charge >= 0.3 is 0 Å². The summed E-state index contributed by atoms with van der Waals surface area (Å²) in [4.78, 5) is 14.0. The summed E-state index contributed by atoms with van der Waals surface area (Å²) >= 11 is 0. The standard InChI is InChI=1S/C24H24N4O5/c1-31-18-12-17(13-19(14-18)32-2)25-24(30)15-33-23-8-7-16(9-10-29)11-22(23)28-26-20-5-3-4-6-21(20)27-28/h3-8,11-14,29H,9-10,15H2,1-2H3,(H,25,30). The van der Waals surface area contributed by atoms with Crippen LogP contribution in [0, 0.1) is 0 Å². The first-order valence-corrected chi connectivity index (χ1v) is 10.3. The first-order chi connectivity index (χ1) is 16.1. The van der Waals surface area contributed by atoms with Gasteiger partial charge in [-0.25, -0.2) is 0 Å². The Labute approximate surface area is 190 Å². The van der Waals surface area contributed by atoms with Crippen LogP contribution in [0.15, 0.2) is 60.7 Å². The molecule has 1 heterocycles. The number of fused-ring (bicyclic) bond motifs is 1. The number of amides is 1. The van der Waals surface area contributed by atoms with E-state index in [9.17, 15) is 9.90 Å². The lowest BCUT2D eigenvalue weighted by Gasteiger charge is -2.13. The van der Waals surface area contributed by atoms with E-state index >= 15 is 0 Å². The van der Waals surface area contributed by atoms with Crippen LogP contribution in [0.3, 0.4) is 0 Å². The molecule has 0 saturated carbocycles. The van der Waals surface area contributed by atoms with Crippen LogP contribution in [0.4, 0.5) is 5.69 Å². The fourth-order valence-corrected chi connectivity index (χ4v) is 3.31. The number of hydrogen-bond donors (Lipinski definition) is 2. The van der Waals surface area contributed by atoms with Crippen LogP contribution >= 0.6 is 0 Å². The number of aromatic nitrogens is 3. The molecule has 0 aliphatic carbocycles. The zero-order chi connectivity index (χ0) is 23.2. The van der Waals surface area contributed by atoms with Gasteiger partial charge < -0.3 is 24.6 Å². The maximum absolute atomic E-state index is 12.6. The molecule has 9 nitrogen and oxygen atoms in total. The molecule has 2 N–H and O–H groups in total. The summed E-state index contributed by atoms with van der Waals surface area (Å²) in [5.74, 6) is 1.21. The van der Waals surface area contributed by atoms with E-state index in [0.717, 1.165) is 16.6 Å². The quantitative estimate of drug-likeness (QED) is 0.405. The van der Waals surface area contributed by atoms with E-state index in [2.05, 4.69) is 15.5 Å². The van der Waals surface area contributed by atoms with Crippen molar-refractivity contribution in [3.63, 3.8) is 0 Å². The van der Waals surface area contributed by atoms with E-state index in [1.165, 1.54) is 19.0 Å². The molecule has 3 aromatic carbocycles. The normalized spacial score (nSPS) is 10.8. The Kier molecular flexibility index (Phi) is 6.70. The number of benzene rings is 3. The van der Waals surface area contributed by atoms with E-state index in [-0.39, 0.29) is 19.1 Å². The van der Waals surface area contributed by atoms with Crippen molar-refractivity contribution >= 4 is 22.6 Å². The third-order valence-electron chi connectivity index (χ3n) is 4.92. The van der Waals surface area contributed by atoms with Crippen molar-refractivity contribution in [2.45, 2.75) is 6.42 Å². The molecule has 4 aromatic rings. The molecule has 0 atom stereocenters. The average Bonchev–Trinajstić information content (AvgIpc) is 3.27. The SMILES string of the molecule is COc1cc(NC(=O)COc2ccc(CCO)cc2-n2nc3ccccc3n2)cc(OC)c1. The van der Waals surface area contributed by atoms with Crippen LogP contribution in [-0.2, 0) is 11.2 Å². The van der Waals surface area contributed by atoms with Crippen molar-refractivity contribution < 1.29 is 24.1 Å². The number of ether oxygens (including phenoxy) is 3. The van der Waals surface area contributed by atoms with Crippen LogP contribution in [0.1, 0.15) is 5.56 Å². The van der Waals surface area contributed by atoms with Gasteiger partial charge in [0.05, 0.1) is 14.2 Å². The minimum atomic E-state index is -0.353. The molecule has 9 heteroatoms. The fraction of sp³-hybridized carbons (Fsp3) is 0.208. The van der Waals surface area contributed by atoms with Crippen LogP contribution in [0.5, 0.6) is 17.2 Å². The van der Waals surface area contributed by atoms with E-state index in [4.69, 9.17) is 14.2 Å². The first-order valence-electron chi connectivity index (χ1n) is 10.3. The number of aliphatic hydroxyl groups excluding tert-OH is 1. The molecule has 0 aliphatic heterocycles. The fourth-order valence-electron chi connectivity index (χ4n) is 3.31. The van der Waals surface area contributed by atoms with Crippen molar-refractivity contribution in [2.75, 3.05) is 32.8 Å². The summed E-state index contributed by atoms with van der Waals surface area (Å²) in [5.41, 5.74) is 3.47. The molecule has 0 radical (unpaired) electrons. The number of carbonyl (C=O) groups excluding carboxylic acids is 1. The average molecular weight is 448 g/mol. The number of anilines is 1. The highest BCUT2D eigenvalue weighted by molar-refractivity contribution is 5.92. The van der Waals surface area contributed by atoms with Crippen molar-refractivity contribution in [3.05, 3.63) is 66.2 Å². The third kappa shape index (κ3) is 5.21. The molecule has 4 rings (SSSR count). The Morgan fingerprint density at radius 2 is 1.64 bits per heavy atom. The van der Waals surface area contributed by atoms with E-state index in [0.29, 0.717) is 35.0 Å². The number of nitrogens with zero attached hydrogens (tertiary/aromatic N) is 3. The first kappa shape index (κ1) is 22.1. The topological polar surface area (TPSA) is 108 Å². The number of aliphatic hydroxyl groups is 1. The number of hydrogen-bond acceptors (Lipinski definition) is 7. The lowest BCUT2D eigenvalue weighted by molar-refractivity contribution is -0.118. The van der Waals surface area contributed by atoms with Gasteiger partial charge in [0, 0.05) is 30.5 Å². The van der Waals surface area contributed by atoms with Gasteiger partial charge in [-0.1, -0.05) is 18.2 Å². The highest BCUT2D eigenvalue weighted by atomic mass is 16.5. The second-order valence-electron chi connectivity index (χ2n) is 7.19. The predicted molar refractivity (Wildman–Crippen MR) is 123 cm³/mol. The van der Waals surface area contributed by atoms with Gasteiger partial charge in [-0.3, -0.25) is 4.79 Å².